The van der Waals surface area contributed by atoms with E-state index in [9.17, 15) is 18.0 Å². The van der Waals surface area contributed by atoms with Gasteiger partial charge in [-0.25, -0.2) is 8.42 Å². The third kappa shape index (κ3) is 6.60. The Morgan fingerprint density at radius 2 is 1.66 bits per heavy atom. The van der Waals surface area contributed by atoms with Gasteiger partial charge in [0.05, 0.1) is 36.6 Å². The summed E-state index contributed by atoms with van der Waals surface area (Å²) in [7, 11) is -2.03. The average molecular weight is 584 g/mol. The van der Waals surface area contributed by atoms with Crippen LogP contribution in [0.3, 0.4) is 0 Å². The molecule has 2 amide bonds. The van der Waals surface area contributed by atoms with Crippen LogP contribution >= 0.6 is 0 Å². The fourth-order valence-electron chi connectivity index (χ4n) is 6.47. The van der Waals surface area contributed by atoms with Gasteiger partial charge in [-0.3, -0.25) is 14.5 Å². The van der Waals surface area contributed by atoms with E-state index in [1.165, 1.54) is 20.0 Å². The zero-order chi connectivity index (χ0) is 29.1. The number of carbonyl (C=O) groups excluding carboxylic acids is 2. The molecule has 0 spiro atoms. The number of carbonyl (C=O) groups is 2. The summed E-state index contributed by atoms with van der Waals surface area (Å²) < 4.78 is 36.0. The van der Waals surface area contributed by atoms with Gasteiger partial charge >= 0.3 is 0 Å². The van der Waals surface area contributed by atoms with Crippen molar-refractivity contribution >= 4 is 21.7 Å². The van der Waals surface area contributed by atoms with Crippen molar-refractivity contribution in [3.63, 3.8) is 0 Å². The number of piperidine rings is 2. The molecule has 2 fully saturated rings. The van der Waals surface area contributed by atoms with Gasteiger partial charge in [-0.2, -0.15) is 0 Å². The van der Waals surface area contributed by atoms with Crippen LogP contribution in [-0.2, 0) is 9.84 Å². The number of methoxy groups -OCH3 is 1. The van der Waals surface area contributed by atoms with E-state index in [1.54, 1.807) is 24.3 Å². The summed E-state index contributed by atoms with van der Waals surface area (Å²) in [5, 5.41) is 3.44. The molecule has 5 rings (SSSR count). The number of sulfone groups is 1. The molecule has 3 aliphatic heterocycles. The Kier molecular flexibility index (Phi) is 9.01. The molecule has 3 heterocycles. The quantitative estimate of drug-likeness (QED) is 0.423. The Morgan fingerprint density at radius 3 is 2.32 bits per heavy atom. The first-order valence-electron chi connectivity index (χ1n) is 14.6. The Hall–Kier alpha value is -2.95. The van der Waals surface area contributed by atoms with Gasteiger partial charge < -0.3 is 19.7 Å². The van der Waals surface area contributed by atoms with E-state index in [1.807, 2.05) is 19.1 Å². The lowest BCUT2D eigenvalue weighted by molar-refractivity contribution is 0.0597. The van der Waals surface area contributed by atoms with E-state index in [-0.39, 0.29) is 0 Å². The maximum Gasteiger partial charge on any atom is 0.262 e. The summed E-state index contributed by atoms with van der Waals surface area (Å²) in [6.45, 7) is 7.64. The van der Waals surface area contributed by atoms with E-state index >= 15 is 0 Å². The summed E-state index contributed by atoms with van der Waals surface area (Å²) in [5.74, 6) is 0.673. The lowest BCUT2D eigenvalue weighted by atomic mass is 9.87. The van der Waals surface area contributed by atoms with Crippen molar-refractivity contribution in [2.24, 2.45) is 5.92 Å². The number of hydrogen-bond donors (Lipinski definition) is 1. The second kappa shape index (κ2) is 12.5. The largest absolute Gasteiger partial charge is 0.493 e. The van der Waals surface area contributed by atoms with Gasteiger partial charge in [-0.05, 0) is 106 Å². The van der Waals surface area contributed by atoms with Crippen LogP contribution in [0.5, 0.6) is 11.5 Å². The monoisotopic (exact) mass is 583 g/mol. The van der Waals surface area contributed by atoms with Crippen LogP contribution in [0.15, 0.2) is 36.4 Å². The summed E-state index contributed by atoms with van der Waals surface area (Å²) in [5.41, 5.74) is 2.23. The number of nitrogens with zero attached hydrogens (tertiary/aromatic N) is 2. The predicted octanol–water partition coefficient (Wildman–Crippen LogP) is 3.65. The standard InChI is InChI=1S/C31H41N3O6S/c1-4-40-29-18-24(6-8-28(29)39-2)27(20-41(3,37)38)34-30(35)25-7-5-23(17-26(25)31(34)36)22-11-15-33(16-12-22)19-21-9-13-32-14-10-21/h5-8,17-18,21-22,27,32H,4,9-16,19-20H2,1-3H3/t27-/m1/s1. The maximum absolute atomic E-state index is 13.8. The second-order valence-electron chi connectivity index (χ2n) is 11.5. The number of fused-ring (bicyclic) bond motifs is 1. The van der Waals surface area contributed by atoms with Gasteiger partial charge in [-0.1, -0.05) is 12.1 Å². The topological polar surface area (TPSA) is 105 Å². The van der Waals surface area contributed by atoms with Crippen LogP contribution in [0, 0.1) is 5.92 Å². The Bertz CT molecular complexity index is 1380. The van der Waals surface area contributed by atoms with Gasteiger partial charge in [0.2, 0.25) is 0 Å². The minimum absolute atomic E-state index is 0.319. The molecule has 2 aromatic carbocycles. The van der Waals surface area contributed by atoms with Crippen molar-refractivity contribution in [2.45, 2.75) is 44.6 Å². The van der Waals surface area contributed by atoms with E-state index in [0.717, 1.165) is 68.2 Å². The third-order valence-electron chi connectivity index (χ3n) is 8.62. The molecule has 0 aliphatic carbocycles. The summed E-state index contributed by atoms with van der Waals surface area (Å²) in [6.07, 6.45) is 5.61. The van der Waals surface area contributed by atoms with E-state index in [2.05, 4.69) is 10.2 Å². The van der Waals surface area contributed by atoms with Crippen LogP contribution in [0.4, 0.5) is 0 Å². The molecular weight excluding hydrogens is 542 g/mol. The first-order chi connectivity index (χ1) is 19.7. The molecule has 10 heteroatoms. The van der Waals surface area contributed by atoms with Crippen molar-refractivity contribution in [2.75, 3.05) is 58.4 Å². The first kappa shape index (κ1) is 29.5. The lowest BCUT2D eigenvalue weighted by Crippen LogP contribution is -2.39. The molecule has 2 aromatic rings. The Morgan fingerprint density at radius 1 is 0.951 bits per heavy atom. The van der Waals surface area contributed by atoms with Crippen LogP contribution in [0.2, 0.25) is 0 Å². The molecule has 0 bridgehead atoms. The van der Waals surface area contributed by atoms with Gasteiger partial charge in [0.15, 0.2) is 11.5 Å². The number of rotatable bonds is 10. The molecule has 3 aliphatic rings. The van der Waals surface area contributed by atoms with E-state index in [4.69, 9.17) is 9.47 Å². The summed E-state index contributed by atoms with van der Waals surface area (Å²) in [6, 6.07) is 9.58. The zero-order valence-electron chi connectivity index (χ0n) is 24.2. The van der Waals surface area contributed by atoms with Crippen LogP contribution < -0.4 is 14.8 Å². The number of likely N-dealkylation sites (tertiary alicyclic amines) is 1. The Balaban J connectivity index is 1.36. The van der Waals surface area contributed by atoms with Gasteiger partial charge in [0.25, 0.3) is 11.8 Å². The van der Waals surface area contributed by atoms with Crippen molar-refractivity contribution in [1.82, 2.24) is 15.1 Å². The minimum Gasteiger partial charge on any atom is -0.493 e. The maximum atomic E-state index is 13.8. The second-order valence-corrected chi connectivity index (χ2v) is 13.7. The molecule has 1 N–H and O–H groups in total. The smallest absolute Gasteiger partial charge is 0.262 e. The molecule has 0 aromatic heterocycles. The molecule has 1 atom stereocenters. The molecular formula is C31H41N3O6S. The molecule has 0 unspecified atom stereocenters. The summed E-state index contributed by atoms with van der Waals surface area (Å²) in [4.78, 5) is 31.1. The first-order valence-corrected chi connectivity index (χ1v) is 16.7. The number of amides is 2. The highest BCUT2D eigenvalue weighted by Gasteiger charge is 2.42. The number of imide groups is 1. The molecule has 0 radical (unpaired) electrons. The summed E-state index contributed by atoms with van der Waals surface area (Å²) >= 11 is 0. The Labute approximate surface area is 243 Å². The third-order valence-corrected chi connectivity index (χ3v) is 9.54. The molecule has 41 heavy (non-hydrogen) atoms. The fraction of sp³-hybridized carbons (Fsp3) is 0.548. The molecule has 2 saturated heterocycles. The predicted molar refractivity (Wildman–Crippen MR) is 158 cm³/mol. The van der Waals surface area contributed by atoms with Crippen LogP contribution in [0.1, 0.15) is 76.4 Å². The molecule has 0 saturated carbocycles. The normalized spacial score (nSPS) is 19.8. The van der Waals surface area contributed by atoms with Crippen molar-refractivity contribution < 1.29 is 27.5 Å². The van der Waals surface area contributed by atoms with Gasteiger partial charge in [0, 0.05) is 12.8 Å². The molecule has 9 nitrogen and oxygen atoms in total. The minimum atomic E-state index is -3.55. The average Bonchev–Trinajstić information content (AvgIpc) is 3.21. The van der Waals surface area contributed by atoms with E-state index in [0.29, 0.717) is 40.7 Å². The van der Waals surface area contributed by atoms with Gasteiger partial charge in [0.1, 0.15) is 9.84 Å². The highest BCUT2D eigenvalue weighted by molar-refractivity contribution is 7.90. The highest BCUT2D eigenvalue weighted by Crippen LogP contribution is 2.38. The zero-order valence-corrected chi connectivity index (χ0v) is 25.0. The number of ether oxygens (including phenoxy) is 2. The van der Waals surface area contributed by atoms with Crippen molar-refractivity contribution in [3.8, 4) is 11.5 Å². The number of hydrogen-bond acceptors (Lipinski definition) is 8. The fourth-order valence-corrected chi connectivity index (χ4v) is 7.38. The van der Waals surface area contributed by atoms with Crippen LogP contribution in [-0.4, -0.2) is 88.5 Å². The van der Waals surface area contributed by atoms with Crippen LogP contribution in [0.25, 0.3) is 0 Å². The SMILES string of the molecule is CCOc1cc([C@@H](CS(C)(=O)=O)N2C(=O)c3ccc(C4CCN(CC5CCNCC5)CC4)cc3C2=O)ccc1OC. The van der Waals surface area contributed by atoms with E-state index < -0.39 is 33.4 Å². The lowest BCUT2D eigenvalue weighted by Gasteiger charge is -2.35. The highest BCUT2D eigenvalue weighted by atomic mass is 32.2. The van der Waals surface area contributed by atoms with Gasteiger partial charge in [-0.15, -0.1) is 0 Å². The number of nitrogens with one attached hydrogen (secondary N) is 1. The number of benzene rings is 2. The van der Waals surface area contributed by atoms with Crippen molar-refractivity contribution in [3.05, 3.63) is 58.7 Å². The van der Waals surface area contributed by atoms with Crippen molar-refractivity contribution in [1.29, 1.82) is 0 Å². The molecule has 222 valence electrons.